The molecule has 10 nitrogen and oxygen atoms in total. The Kier molecular flexibility index (Phi) is 10.5. The summed E-state index contributed by atoms with van der Waals surface area (Å²) in [6.07, 6.45) is 2.74. The Balaban J connectivity index is 1.47. The standard InChI is InChI=1S/C36H61NO9/c1-6-7-8-9-10-21-19-46-31(22(21)18-38)32(43)35(5,44)27-12-14-36(45)28-23(11-13-34(27,36)4)33(3)16-26(41)25(40)15-24(33)30(42)29(28)37-17-20(2)39/h20-27,31-32,37-41,43-45H,6-19H2,1-5H3. The number of hydrogen-bond acceptors (Lipinski definition) is 10. The molecule has 10 heteroatoms. The maximum Gasteiger partial charge on any atom is 0.182 e. The van der Waals surface area contributed by atoms with Crippen LogP contribution in [0, 0.1) is 40.4 Å². The molecular formula is C36H61NO9. The van der Waals surface area contributed by atoms with E-state index in [4.69, 9.17) is 4.74 Å². The first kappa shape index (κ1) is 36.2. The van der Waals surface area contributed by atoms with Gasteiger partial charge in [-0.1, -0.05) is 46.5 Å². The zero-order valence-corrected chi connectivity index (χ0v) is 28.6. The third-order valence-electron chi connectivity index (χ3n) is 13.6. The Morgan fingerprint density at radius 3 is 2.43 bits per heavy atom. The molecule has 0 aromatic heterocycles. The quantitative estimate of drug-likeness (QED) is 0.146. The first-order valence-corrected chi connectivity index (χ1v) is 18.0. The summed E-state index contributed by atoms with van der Waals surface area (Å²) in [7, 11) is 0. The fraction of sp³-hybridized carbons (Fsp3) is 0.917. The lowest BCUT2D eigenvalue weighted by atomic mass is 9.45. The van der Waals surface area contributed by atoms with Crippen molar-refractivity contribution < 1.29 is 45.3 Å². The third kappa shape index (κ3) is 5.70. The summed E-state index contributed by atoms with van der Waals surface area (Å²) in [6, 6.07) is 0. The molecule has 4 aliphatic carbocycles. The number of fused-ring (bicyclic) bond motifs is 5. The van der Waals surface area contributed by atoms with Crippen molar-refractivity contribution in [1.29, 1.82) is 0 Å². The average Bonchev–Trinajstić information content (AvgIpc) is 3.53. The van der Waals surface area contributed by atoms with Crippen molar-refractivity contribution in [3.63, 3.8) is 0 Å². The molecule has 264 valence electrons. The normalized spacial score (nSPS) is 45.1. The van der Waals surface area contributed by atoms with Crippen LogP contribution in [0.15, 0.2) is 11.3 Å². The van der Waals surface area contributed by atoms with Gasteiger partial charge in [-0.15, -0.1) is 0 Å². The number of unbranched alkanes of at least 4 members (excludes halogenated alkanes) is 3. The maximum absolute atomic E-state index is 14.3. The van der Waals surface area contributed by atoms with Gasteiger partial charge < -0.3 is 45.8 Å². The largest absolute Gasteiger partial charge is 0.396 e. The van der Waals surface area contributed by atoms with E-state index >= 15 is 0 Å². The second kappa shape index (κ2) is 13.3. The predicted octanol–water partition coefficient (Wildman–Crippen LogP) is 2.19. The van der Waals surface area contributed by atoms with E-state index in [0.29, 0.717) is 31.4 Å². The highest BCUT2D eigenvalue weighted by atomic mass is 16.5. The number of carbonyl (C=O) groups is 1. The zero-order chi connectivity index (χ0) is 33.8. The minimum absolute atomic E-state index is 0.0999. The number of carbonyl (C=O) groups excluding carboxylic acids is 1. The monoisotopic (exact) mass is 651 g/mol. The number of hydrogen-bond donors (Lipinski definition) is 8. The van der Waals surface area contributed by atoms with Crippen molar-refractivity contribution >= 4 is 5.78 Å². The highest BCUT2D eigenvalue weighted by molar-refractivity contribution is 5.99. The number of rotatable bonds is 12. The van der Waals surface area contributed by atoms with Gasteiger partial charge in [-0.2, -0.15) is 0 Å². The molecule has 46 heavy (non-hydrogen) atoms. The van der Waals surface area contributed by atoms with E-state index in [1.54, 1.807) is 13.8 Å². The van der Waals surface area contributed by atoms with Crippen molar-refractivity contribution in [2.24, 2.45) is 40.4 Å². The molecule has 0 aromatic carbocycles. The van der Waals surface area contributed by atoms with Crippen LogP contribution >= 0.6 is 0 Å². The molecular weight excluding hydrogens is 590 g/mol. The molecule has 14 unspecified atom stereocenters. The molecule has 5 rings (SSSR count). The van der Waals surface area contributed by atoms with Crippen LogP contribution in [0.2, 0.25) is 0 Å². The first-order valence-electron chi connectivity index (χ1n) is 18.0. The zero-order valence-electron chi connectivity index (χ0n) is 28.6. The van der Waals surface area contributed by atoms with E-state index in [9.17, 15) is 40.5 Å². The van der Waals surface area contributed by atoms with Gasteiger partial charge in [-0.05, 0) is 87.5 Å². The van der Waals surface area contributed by atoms with E-state index in [-0.39, 0.29) is 61.6 Å². The average molecular weight is 652 g/mol. The Morgan fingerprint density at radius 1 is 1.07 bits per heavy atom. The van der Waals surface area contributed by atoms with Gasteiger partial charge >= 0.3 is 0 Å². The van der Waals surface area contributed by atoms with Crippen LogP contribution in [0.4, 0.5) is 0 Å². The van der Waals surface area contributed by atoms with E-state index < -0.39 is 64.4 Å². The Morgan fingerprint density at radius 2 is 1.78 bits per heavy atom. The molecule has 14 atom stereocenters. The van der Waals surface area contributed by atoms with Gasteiger partial charge in [-0.25, -0.2) is 0 Å². The topological polar surface area (TPSA) is 180 Å². The summed E-state index contributed by atoms with van der Waals surface area (Å²) in [4.78, 5) is 14.3. The van der Waals surface area contributed by atoms with E-state index in [1.165, 1.54) is 0 Å². The SMILES string of the molecule is CCCCCCC1COC(C(O)C(C)(O)C2CCC3(O)C4=C(NCC(C)O)C(=O)C5CC(O)C(O)CC5(C)C4CCC23C)C1CO. The second-order valence-electron chi connectivity index (χ2n) is 16.4. The molecule has 5 aliphatic rings. The highest BCUT2D eigenvalue weighted by Crippen LogP contribution is 2.69. The lowest BCUT2D eigenvalue weighted by molar-refractivity contribution is -0.196. The van der Waals surface area contributed by atoms with Crippen molar-refractivity contribution in [2.75, 3.05) is 19.8 Å². The van der Waals surface area contributed by atoms with Crippen molar-refractivity contribution in [1.82, 2.24) is 5.32 Å². The smallest absolute Gasteiger partial charge is 0.182 e. The summed E-state index contributed by atoms with van der Waals surface area (Å²) >= 11 is 0. The Labute approximate surface area is 274 Å². The fourth-order valence-corrected chi connectivity index (χ4v) is 10.8. The van der Waals surface area contributed by atoms with Crippen LogP contribution in [0.5, 0.6) is 0 Å². The molecule has 0 bridgehead atoms. The molecule has 4 fully saturated rings. The van der Waals surface area contributed by atoms with Gasteiger partial charge in [0.15, 0.2) is 5.78 Å². The molecule has 1 heterocycles. The lowest BCUT2D eigenvalue weighted by Crippen LogP contribution is -2.65. The second-order valence-corrected chi connectivity index (χ2v) is 16.4. The minimum Gasteiger partial charge on any atom is -0.396 e. The lowest BCUT2D eigenvalue weighted by Gasteiger charge is -2.61. The van der Waals surface area contributed by atoms with E-state index in [1.807, 2.05) is 13.8 Å². The fourth-order valence-electron chi connectivity index (χ4n) is 10.8. The summed E-state index contributed by atoms with van der Waals surface area (Å²) in [6.45, 7) is 9.76. The summed E-state index contributed by atoms with van der Waals surface area (Å²) in [5.41, 5.74) is -3.88. The summed E-state index contributed by atoms with van der Waals surface area (Å²) in [5.74, 6) is -1.77. The van der Waals surface area contributed by atoms with E-state index in [0.717, 1.165) is 32.1 Å². The van der Waals surface area contributed by atoms with Crippen LogP contribution in [-0.2, 0) is 9.53 Å². The molecule has 3 saturated carbocycles. The molecule has 8 N–H and O–H groups in total. The van der Waals surface area contributed by atoms with Crippen LogP contribution in [0.25, 0.3) is 0 Å². The number of allylic oxidation sites excluding steroid dienone is 1. The van der Waals surface area contributed by atoms with E-state index in [2.05, 4.69) is 12.2 Å². The minimum atomic E-state index is -1.66. The molecule has 0 amide bonds. The van der Waals surface area contributed by atoms with Gasteiger partial charge in [0.2, 0.25) is 0 Å². The molecule has 1 saturated heterocycles. The third-order valence-corrected chi connectivity index (χ3v) is 13.6. The number of ketones is 1. The molecule has 1 aliphatic heterocycles. The van der Waals surface area contributed by atoms with Gasteiger partial charge in [0.25, 0.3) is 0 Å². The summed E-state index contributed by atoms with van der Waals surface area (Å²) < 4.78 is 6.13. The van der Waals surface area contributed by atoms with Crippen LogP contribution in [-0.4, -0.2) is 103 Å². The van der Waals surface area contributed by atoms with Gasteiger partial charge in [0.05, 0.1) is 47.9 Å². The maximum atomic E-state index is 14.3. The molecule has 0 spiro atoms. The number of ether oxygens (including phenoxy) is 1. The molecule has 0 radical (unpaired) electrons. The number of aliphatic hydroxyl groups is 7. The van der Waals surface area contributed by atoms with Gasteiger partial charge in [0, 0.05) is 30.4 Å². The Bertz CT molecular complexity index is 1140. The number of Topliss-reactive ketones (excluding diaryl/α,β-unsaturated/α-hetero) is 1. The van der Waals surface area contributed by atoms with Crippen LogP contribution in [0.1, 0.15) is 105 Å². The number of nitrogens with one attached hydrogen (secondary N) is 1. The Hall–Kier alpha value is -1.11. The summed E-state index contributed by atoms with van der Waals surface area (Å²) in [5, 5.41) is 82.1. The number of aliphatic hydroxyl groups excluding tert-OH is 5. The van der Waals surface area contributed by atoms with Crippen LogP contribution < -0.4 is 5.32 Å². The van der Waals surface area contributed by atoms with Crippen molar-refractivity contribution in [3.8, 4) is 0 Å². The molecule has 0 aromatic rings. The predicted molar refractivity (Wildman–Crippen MR) is 172 cm³/mol. The first-order chi connectivity index (χ1) is 21.6. The van der Waals surface area contributed by atoms with Crippen molar-refractivity contribution in [3.05, 3.63) is 11.3 Å². The van der Waals surface area contributed by atoms with Gasteiger partial charge in [-0.3, -0.25) is 4.79 Å². The van der Waals surface area contributed by atoms with Crippen molar-refractivity contribution in [2.45, 2.75) is 147 Å². The van der Waals surface area contributed by atoms with Crippen LogP contribution in [0.3, 0.4) is 0 Å². The highest BCUT2D eigenvalue weighted by Gasteiger charge is 2.71. The van der Waals surface area contributed by atoms with Gasteiger partial charge in [0.1, 0.15) is 6.10 Å².